The lowest BCUT2D eigenvalue weighted by Gasteiger charge is -2.43. The van der Waals surface area contributed by atoms with Crippen molar-refractivity contribution in [1.29, 1.82) is 0 Å². The van der Waals surface area contributed by atoms with Crippen molar-refractivity contribution in [3.63, 3.8) is 0 Å². The number of nitrogens with two attached hydrogens (primary N) is 2. The van der Waals surface area contributed by atoms with Crippen molar-refractivity contribution in [2.45, 2.75) is 68.8 Å². The molecule has 0 spiro atoms. The van der Waals surface area contributed by atoms with E-state index in [0.717, 1.165) is 48.4 Å². The molecule has 0 radical (unpaired) electrons. The second-order valence-corrected chi connectivity index (χ2v) is 12.8. The Bertz CT molecular complexity index is 1600. The Morgan fingerprint density at radius 1 is 1.02 bits per heavy atom. The molecule has 2 aromatic carbocycles. The van der Waals surface area contributed by atoms with Gasteiger partial charge in [0.1, 0.15) is 11.9 Å². The fourth-order valence-electron chi connectivity index (χ4n) is 5.76. The van der Waals surface area contributed by atoms with Crippen LogP contribution < -0.4 is 16.0 Å². The monoisotopic (exact) mass is 636 g/mol. The first kappa shape index (κ1) is 31.7. The zero-order valence-corrected chi connectivity index (χ0v) is 24.8. The van der Waals surface area contributed by atoms with Crippen LogP contribution >= 0.6 is 10.7 Å². The fraction of sp³-hybridized carbons (Fsp3) is 0.355. The molecule has 1 saturated carbocycles. The predicted molar refractivity (Wildman–Crippen MR) is 158 cm³/mol. The van der Waals surface area contributed by atoms with Gasteiger partial charge >= 0.3 is 0 Å². The Kier molecular flexibility index (Phi) is 9.45. The summed E-state index contributed by atoms with van der Waals surface area (Å²) >= 11 is 0. The molecular weight excluding hydrogens is 604 g/mol. The van der Waals surface area contributed by atoms with Crippen molar-refractivity contribution in [3.05, 3.63) is 82.2 Å². The minimum Gasteiger partial charge on any atom is -0.398 e. The van der Waals surface area contributed by atoms with Crippen LogP contribution in [0.4, 0.5) is 37.7 Å². The maximum Gasteiger partial charge on any atom is 0.245 e. The average molecular weight is 637 g/mol. The molecule has 234 valence electrons. The minimum atomic E-state index is -2.26. The molecule has 2 heterocycles. The van der Waals surface area contributed by atoms with Crippen molar-refractivity contribution in [1.82, 2.24) is 9.29 Å². The number of anilines is 2. The van der Waals surface area contributed by atoms with E-state index in [4.69, 9.17) is 11.1 Å². The van der Waals surface area contributed by atoms with Crippen LogP contribution in [-0.4, -0.2) is 39.4 Å². The van der Waals surface area contributed by atoms with Crippen LogP contribution in [0.15, 0.2) is 35.4 Å². The van der Waals surface area contributed by atoms with Gasteiger partial charge in [-0.2, -0.15) is 0 Å². The summed E-state index contributed by atoms with van der Waals surface area (Å²) in [6.07, 6.45) is 8.70. The largest absolute Gasteiger partial charge is 0.398 e. The number of nitrogens with zero attached hydrogens (tertiary/aromatic N) is 3. The van der Waals surface area contributed by atoms with Gasteiger partial charge in [-0.1, -0.05) is 36.0 Å². The van der Waals surface area contributed by atoms with Gasteiger partial charge in [0, 0.05) is 18.4 Å². The van der Waals surface area contributed by atoms with E-state index >= 15 is 4.39 Å². The highest BCUT2D eigenvalue weighted by molar-refractivity contribution is 8.13. The van der Waals surface area contributed by atoms with E-state index in [1.807, 2.05) is 6.07 Å². The fourth-order valence-corrected chi connectivity index (χ4v) is 7.82. The number of rotatable bonds is 8. The van der Waals surface area contributed by atoms with Crippen LogP contribution in [0, 0.1) is 34.9 Å². The second kappa shape index (κ2) is 13.1. The summed E-state index contributed by atoms with van der Waals surface area (Å²) in [5.41, 5.74) is 7.77. The Hall–Kier alpha value is -3.71. The summed E-state index contributed by atoms with van der Waals surface area (Å²) in [5.74, 6) is -11.4. The van der Waals surface area contributed by atoms with Crippen LogP contribution in [0.25, 0.3) is 0 Å². The van der Waals surface area contributed by atoms with Gasteiger partial charge < -0.3 is 10.6 Å². The van der Waals surface area contributed by atoms with Crippen molar-refractivity contribution < 1.29 is 36.5 Å². The van der Waals surface area contributed by atoms with Gasteiger partial charge in [-0.05, 0) is 61.2 Å². The number of nitrogen functional groups attached to an aromatic ring is 1. The molecule has 1 aliphatic heterocycles. The molecule has 13 heteroatoms. The number of hydrogen-bond acceptors (Lipinski definition) is 4. The maximum absolute atomic E-state index is 15.5. The number of halogens is 6. The highest BCUT2D eigenvalue weighted by Gasteiger charge is 2.42. The molecule has 2 fully saturated rings. The third kappa shape index (κ3) is 5.86. The Morgan fingerprint density at radius 2 is 1.68 bits per heavy atom. The maximum atomic E-state index is 15.5. The number of carbonyl (C=O) groups excluding carboxylic acids is 1. The number of benzene rings is 2. The molecule has 1 unspecified atom stereocenters. The molecule has 1 aromatic heterocycles. The van der Waals surface area contributed by atoms with Crippen molar-refractivity contribution in [2.75, 3.05) is 17.2 Å². The van der Waals surface area contributed by atoms with E-state index in [1.54, 1.807) is 12.3 Å². The zero-order valence-electron chi connectivity index (χ0n) is 23.9. The molecule has 2 aliphatic rings. The predicted octanol–water partition coefficient (Wildman–Crippen LogP) is 5.40. The molecular formula is C31H32F6N5OS+. The molecule has 1 aliphatic carbocycles. The first-order chi connectivity index (χ1) is 21.1. The molecule has 1 amide bonds. The molecule has 4 N–H and O–H groups in total. The zero-order chi connectivity index (χ0) is 31.7. The van der Waals surface area contributed by atoms with E-state index in [9.17, 15) is 26.7 Å². The van der Waals surface area contributed by atoms with Gasteiger partial charge in [-0.3, -0.25) is 15.2 Å². The van der Waals surface area contributed by atoms with Crippen molar-refractivity contribution >= 4 is 39.5 Å². The highest BCUT2D eigenvalue weighted by Crippen LogP contribution is 2.44. The van der Waals surface area contributed by atoms with Crippen LogP contribution in [-0.2, 0) is 11.3 Å². The van der Waals surface area contributed by atoms with Gasteiger partial charge in [-0.25, -0.2) is 30.6 Å². The number of hydrogen-bond donors (Lipinski definition) is 2. The smallest absolute Gasteiger partial charge is 0.245 e. The van der Waals surface area contributed by atoms with Gasteiger partial charge in [0.25, 0.3) is 0 Å². The van der Waals surface area contributed by atoms with Crippen LogP contribution in [0.1, 0.15) is 68.2 Å². The molecule has 3 aromatic rings. The Morgan fingerprint density at radius 3 is 2.23 bits per heavy atom. The minimum absolute atomic E-state index is 0.107. The number of aromatic nitrogens is 1. The first-order valence-electron chi connectivity index (χ1n) is 14.3. The van der Waals surface area contributed by atoms with Crippen molar-refractivity contribution in [2.24, 2.45) is 0 Å². The average Bonchev–Trinajstić information content (AvgIpc) is 3.02. The number of amides is 1. The summed E-state index contributed by atoms with van der Waals surface area (Å²) in [4.78, 5) is 18.7. The van der Waals surface area contributed by atoms with Gasteiger partial charge in [-0.15, -0.1) is 0 Å². The normalized spacial score (nSPS) is 18.2. The van der Waals surface area contributed by atoms with Crippen LogP contribution in [0.2, 0.25) is 0 Å². The highest BCUT2D eigenvalue weighted by atomic mass is 32.2. The quantitative estimate of drug-likeness (QED) is 0.0867. The van der Waals surface area contributed by atoms with E-state index in [-0.39, 0.29) is 36.4 Å². The Balaban J connectivity index is 1.50. The van der Waals surface area contributed by atoms with Crippen LogP contribution in [0.3, 0.4) is 0 Å². The topological polar surface area (TPSA) is 88.1 Å². The SMILES string of the molecule is C/C=S(\c1c(F)c(F)c(F)c(F)c1F)N1CC[C@@H]1C(=O)N(Cc1ccc(C2CCCCC2)cn1)c1cc(N)c(C=[NH2+])cc1F. The molecule has 6 nitrogen and oxygen atoms in total. The van der Waals surface area contributed by atoms with E-state index in [1.165, 1.54) is 29.1 Å². The standard InChI is InChI=1S/C31H31F6N5OS/c1-2-44(30-28(36)26(34)25(33)27(35)29(30)37)42-11-10-23(42)31(43)41(24-13-22(39)19(14-38)12-21(24)32)16-20-9-8-18(15-40-20)17-6-4-3-5-7-17/h2,8-9,12-15,17,23,38H,3-7,10-11,16,39H2,1H3/p+1/t23-,44?/m1/s1. The molecule has 5 rings (SSSR count). The van der Waals surface area contributed by atoms with Gasteiger partial charge in [0.05, 0.1) is 28.4 Å². The lowest BCUT2D eigenvalue weighted by Crippen LogP contribution is -2.55. The number of carbonyl (C=O) groups is 1. The van der Waals surface area contributed by atoms with Gasteiger partial charge in [0.15, 0.2) is 29.5 Å². The lowest BCUT2D eigenvalue weighted by molar-refractivity contribution is -0.125. The first-order valence-corrected chi connectivity index (χ1v) is 15.5. The van der Waals surface area contributed by atoms with Crippen molar-refractivity contribution in [3.8, 4) is 0 Å². The number of pyridine rings is 1. The molecule has 44 heavy (non-hydrogen) atoms. The Labute approximate surface area is 253 Å². The molecule has 0 bridgehead atoms. The third-order valence-corrected chi connectivity index (χ3v) is 10.4. The summed E-state index contributed by atoms with van der Waals surface area (Å²) in [6.45, 7) is 1.36. The summed E-state index contributed by atoms with van der Waals surface area (Å²) in [6, 6.07) is 5.00. The third-order valence-electron chi connectivity index (χ3n) is 8.24. The summed E-state index contributed by atoms with van der Waals surface area (Å²) in [7, 11) is -1.79. The van der Waals surface area contributed by atoms with Gasteiger partial charge in [0.2, 0.25) is 11.7 Å². The summed E-state index contributed by atoms with van der Waals surface area (Å²) < 4.78 is 88.3. The lowest BCUT2D eigenvalue weighted by atomic mass is 9.85. The van der Waals surface area contributed by atoms with E-state index < -0.39 is 62.4 Å². The van der Waals surface area contributed by atoms with E-state index in [2.05, 4.69) is 4.98 Å². The second-order valence-electron chi connectivity index (χ2n) is 10.8. The molecule has 1 saturated heterocycles. The van der Waals surface area contributed by atoms with E-state index in [0.29, 0.717) is 11.6 Å². The molecule has 2 atom stereocenters. The van der Waals surface area contributed by atoms with Crippen LogP contribution in [0.5, 0.6) is 0 Å². The summed E-state index contributed by atoms with van der Waals surface area (Å²) in [5, 5.41) is 6.83.